The maximum Gasteiger partial charge on any atom is 0.270 e. The van der Waals surface area contributed by atoms with Crippen molar-refractivity contribution < 1.29 is 9.66 Å². The molecule has 1 aromatic carbocycles. The van der Waals surface area contributed by atoms with Crippen molar-refractivity contribution >= 4 is 11.5 Å². The van der Waals surface area contributed by atoms with Crippen molar-refractivity contribution in [2.45, 2.75) is 6.54 Å². The molecule has 0 radical (unpaired) electrons. The minimum atomic E-state index is -0.397. The highest BCUT2D eigenvalue weighted by Gasteiger charge is 2.22. The maximum atomic E-state index is 11.0. The number of hydrogen-bond donors (Lipinski definition) is 0. The maximum absolute atomic E-state index is 11.0. The summed E-state index contributed by atoms with van der Waals surface area (Å²) in [6, 6.07) is 10.4. The van der Waals surface area contributed by atoms with Crippen molar-refractivity contribution in [3.63, 3.8) is 0 Å². The smallest absolute Gasteiger partial charge is 0.270 e. The first kappa shape index (κ1) is 17.6. The predicted octanol–water partition coefficient (Wildman–Crippen LogP) is 2.19. The molecule has 3 rings (SSSR count). The van der Waals surface area contributed by atoms with E-state index in [1.165, 1.54) is 6.07 Å². The molecule has 0 atom stereocenters. The summed E-state index contributed by atoms with van der Waals surface area (Å²) >= 11 is 0. The second-order valence-corrected chi connectivity index (χ2v) is 6.00. The second-order valence-electron chi connectivity index (χ2n) is 6.00. The van der Waals surface area contributed by atoms with E-state index in [0.717, 1.165) is 31.7 Å². The fourth-order valence-corrected chi connectivity index (χ4v) is 3.10. The molecule has 2 heterocycles. The number of non-ortho nitro benzene ring substituents is 1. The molecule has 0 amide bonds. The van der Waals surface area contributed by atoms with Crippen LogP contribution in [0.4, 0.5) is 11.5 Å². The number of nitrogens with zero attached hydrogens (tertiary/aromatic N) is 5. The highest BCUT2D eigenvalue weighted by molar-refractivity contribution is 5.53. The van der Waals surface area contributed by atoms with Crippen molar-refractivity contribution in [2.24, 2.45) is 0 Å². The molecule has 0 saturated carbocycles. The van der Waals surface area contributed by atoms with Gasteiger partial charge in [0.2, 0.25) is 0 Å². The summed E-state index contributed by atoms with van der Waals surface area (Å²) in [5.74, 6) is 1.36. The van der Waals surface area contributed by atoms with E-state index >= 15 is 0 Å². The summed E-state index contributed by atoms with van der Waals surface area (Å²) in [6.07, 6.45) is 1.69. The highest BCUT2D eigenvalue weighted by atomic mass is 16.6. The average Bonchev–Trinajstić information content (AvgIpc) is 2.68. The molecule has 26 heavy (non-hydrogen) atoms. The zero-order valence-corrected chi connectivity index (χ0v) is 14.5. The van der Waals surface area contributed by atoms with Crippen LogP contribution in [-0.2, 0) is 6.54 Å². The van der Waals surface area contributed by atoms with Gasteiger partial charge in [-0.3, -0.25) is 15.0 Å². The van der Waals surface area contributed by atoms with Gasteiger partial charge in [-0.2, -0.15) is 5.26 Å². The number of ether oxygens (including phenoxy) is 1. The number of nitro groups is 1. The number of nitro benzene ring substituents is 1. The molecule has 0 unspecified atom stereocenters. The van der Waals surface area contributed by atoms with E-state index in [1.54, 1.807) is 37.6 Å². The third kappa shape index (κ3) is 3.73. The van der Waals surface area contributed by atoms with E-state index in [2.05, 4.69) is 20.9 Å². The fraction of sp³-hybridized carbons (Fsp3) is 0.333. The second kappa shape index (κ2) is 7.80. The Morgan fingerprint density at radius 3 is 2.73 bits per heavy atom. The van der Waals surface area contributed by atoms with Crippen molar-refractivity contribution in [2.75, 3.05) is 38.2 Å². The minimum Gasteiger partial charge on any atom is -0.496 e. The van der Waals surface area contributed by atoms with Crippen molar-refractivity contribution in [1.29, 1.82) is 5.26 Å². The van der Waals surface area contributed by atoms with Gasteiger partial charge >= 0.3 is 0 Å². The van der Waals surface area contributed by atoms with Gasteiger partial charge < -0.3 is 9.64 Å². The lowest BCUT2D eigenvalue weighted by molar-refractivity contribution is -0.385. The monoisotopic (exact) mass is 353 g/mol. The number of benzene rings is 1. The first-order valence-electron chi connectivity index (χ1n) is 8.26. The molecule has 1 fully saturated rings. The van der Waals surface area contributed by atoms with Crippen LogP contribution in [0.25, 0.3) is 0 Å². The van der Waals surface area contributed by atoms with Gasteiger partial charge in [-0.05, 0) is 18.2 Å². The number of hydrogen-bond acceptors (Lipinski definition) is 7. The molecule has 8 nitrogen and oxygen atoms in total. The molecule has 0 N–H and O–H groups in total. The molecule has 1 aliphatic rings. The van der Waals surface area contributed by atoms with Gasteiger partial charge in [0.25, 0.3) is 5.69 Å². The van der Waals surface area contributed by atoms with Crippen LogP contribution in [0.3, 0.4) is 0 Å². The van der Waals surface area contributed by atoms with Crippen LogP contribution in [-0.4, -0.2) is 48.1 Å². The van der Waals surface area contributed by atoms with E-state index in [4.69, 9.17) is 4.74 Å². The quantitative estimate of drug-likeness (QED) is 0.600. The first-order chi connectivity index (χ1) is 12.6. The van der Waals surface area contributed by atoms with Crippen molar-refractivity contribution in [3.8, 4) is 11.8 Å². The van der Waals surface area contributed by atoms with Gasteiger partial charge in [0.1, 0.15) is 17.6 Å². The zero-order chi connectivity index (χ0) is 18.5. The summed E-state index contributed by atoms with van der Waals surface area (Å²) in [4.78, 5) is 19.3. The predicted molar refractivity (Wildman–Crippen MR) is 96.1 cm³/mol. The number of methoxy groups -OCH3 is 1. The molecular weight excluding hydrogens is 334 g/mol. The van der Waals surface area contributed by atoms with Crippen molar-refractivity contribution in [1.82, 2.24) is 9.88 Å². The van der Waals surface area contributed by atoms with Gasteiger partial charge in [0.05, 0.1) is 17.6 Å². The number of piperazine rings is 1. The Hall–Kier alpha value is -3.18. The Labute approximate surface area is 151 Å². The lowest BCUT2D eigenvalue weighted by Gasteiger charge is -2.35. The van der Waals surface area contributed by atoms with Gasteiger partial charge in [-0.15, -0.1) is 0 Å². The van der Waals surface area contributed by atoms with Crippen LogP contribution in [0, 0.1) is 21.4 Å². The minimum absolute atomic E-state index is 0.0617. The average molecular weight is 353 g/mol. The van der Waals surface area contributed by atoms with Crippen LogP contribution in [0.1, 0.15) is 11.1 Å². The van der Waals surface area contributed by atoms with Crippen LogP contribution in [0.5, 0.6) is 5.75 Å². The van der Waals surface area contributed by atoms with Crippen LogP contribution >= 0.6 is 0 Å². The fourth-order valence-electron chi connectivity index (χ4n) is 3.10. The third-order valence-corrected chi connectivity index (χ3v) is 4.45. The van der Waals surface area contributed by atoms with E-state index in [-0.39, 0.29) is 5.69 Å². The summed E-state index contributed by atoms with van der Waals surface area (Å²) in [5, 5.41) is 20.2. The summed E-state index contributed by atoms with van der Waals surface area (Å²) in [7, 11) is 1.56. The largest absolute Gasteiger partial charge is 0.496 e. The number of nitriles is 1. The van der Waals surface area contributed by atoms with Crippen molar-refractivity contribution in [3.05, 3.63) is 57.8 Å². The number of anilines is 1. The molecule has 0 spiro atoms. The third-order valence-electron chi connectivity index (χ3n) is 4.45. The molecule has 1 saturated heterocycles. The highest BCUT2D eigenvalue weighted by Crippen LogP contribution is 2.26. The van der Waals surface area contributed by atoms with Crippen LogP contribution in [0.2, 0.25) is 0 Å². The normalized spacial score (nSPS) is 14.7. The summed E-state index contributed by atoms with van der Waals surface area (Å²) in [5.41, 5.74) is 1.43. The Kier molecular flexibility index (Phi) is 5.29. The molecule has 0 aliphatic carbocycles. The zero-order valence-electron chi connectivity index (χ0n) is 14.5. The van der Waals surface area contributed by atoms with E-state index in [0.29, 0.717) is 23.7 Å². The van der Waals surface area contributed by atoms with Gasteiger partial charge in [-0.25, -0.2) is 4.98 Å². The topological polar surface area (TPSA) is 95.5 Å². The molecule has 1 aromatic heterocycles. The molecule has 2 aromatic rings. The first-order valence-corrected chi connectivity index (χ1v) is 8.26. The van der Waals surface area contributed by atoms with Crippen LogP contribution < -0.4 is 9.64 Å². The van der Waals surface area contributed by atoms with E-state index < -0.39 is 4.92 Å². The van der Waals surface area contributed by atoms with Gasteiger partial charge in [0, 0.05) is 56.6 Å². The Balaban J connectivity index is 1.69. The lowest BCUT2D eigenvalue weighted by Crippen LogP contribution is -2.46. The van der Waals surface area contributed by atoms with Gasteiger partial charge in [-0.1, -0.05) is 0 Å². The molecule has 134 valence electrons. The standard InChI is InChI=1S/C18H19N5O3/c1-26-17-5-4-16(23(24)25)11-15(17)13-21-7-9-22(10-8-21)18-14(12-19)3-2-6-20-18/h2-6,11H,7-10,13H2,1H3. The van der Waals surface area contributed by atoms with E-state index in [9.17, 15) is 15.4 Å². The van der Waals surface area contributed by atoms with E-state index in [1.807, 2.05) is 0 Å². The number of pyridine rings is 1. The lowest BCUT2D eigenvalue weighted by atomic mass is 10.1. The SMILES string of the molecule is COc1ccc([N+](=O)[O-])cc1CN1CCN(c2ncccc2C#N)CC1. The Morgan fingerprint density at radius 2 is 2.08 bits per heavy atom. The number of rotatable bonds is 5. The Morgan fingerprint density at radius 1 is 1.31 bits per heavy atom. The molecular formula is C18H19N5O3. The summed E-state index contributed by atoms with van der Waals surface area (Å²) in [6.45, 7) is 3.60. The summed E-state index contributed by atoms with van der Waals surface area (Å²) < 4.78 is 5.34. The molecule has 1 aliphatic heterocycles. The molecule has 0 bridgehead atoms. The van der Waals surface area contributed by atoms with Gasteiger partial charge in [0.15, 0.2) is 0 Å². The molecule has 8 heteroatoms. The van der Waals surface area contributed by atoms with Crippen LogP contribution in [0.15, 0.2) is 36.5 Å². The number of aromatic nitrogens is 1. The Bertz CT molecular complexity index is 841.